The van der Waals surface area contributed by atoms with Crippen molar-refractivity contribution in [1.29, 1.82) is 5.26 Å². The van der Waals surface area contributed by atoms with E-state index in [0.717, 1.165) is 18.4 Å². The van der Waals surface area contributed by atoms with Crippen LogP contribution in [0.15, 0.2) is 48.5 Å². The van der Waals surface area contributed by atoms with Gasteiger partial charge in [0, 0.05) is 18.3 Å². The zero-order chi connectivity index (χ0) is 16.9. The van der Waals surface area contributed by atoms with E-state index >= 15 is 0 Å². The SMILES string of the molecule is N#Cc1cccc(NC(=O)CN(Cc2ccc(F)cc2)C2CC2)c1. The van der Waals surface area contributed by atoms with Crippen LogP contribution < -0.4 is 5.32 Å². The number of hydrogen-bond donors (Lipinski definition) is 1. The molecule has 0 radical (unpaired) electrons. The van der Waals surface area contributed by atoms with E-state index in [2.05, 4.69) is 16.3 Å². The summed E-state index contributed by atoms with van der Waals surface area (Å²) >= 11 is 0. The van der Waals surface area contributed by atoms with Crippen LogP contribution in [0.3, 0.4) is 0 Å². The highest BCUT2D eigenvalue weighted by Crippen LogP contribution is 2.28. The highest BCUT2D eigenvalue weighted by atomic mass is 19.1. The maximum atomic E-state index is 13.0. The number of nitrogens with one attached hydrogen (secondary N) is 1. The van der Waals surface area contributed by atoms with Crippen molar-refractivity contribution >= 4 is 11.6 Å². The van der Waals surface area contributed by atoms with Crippen molar-refractivity contribution in [2.75, 3.05) is 11.9 Å². The fraction of sp³-hybridized carbons (Fsp3) is 0.263. The lowest BCUT2D eigenvalue weighted by molar-refractivity contribution is -0.117. The third-order valence-corrected chi connectivity index (χ3v) is 3.98. The van der Waals surface area contributed by atoms with E-state index in [0.29, 0.717) is 23.8 Å². The van der Waals surface area contributed by atoms with Crippen molar-refractivity contribution < 1.29 is 9.18 Å². The molecular formula is C19H18FN3O. The van der Waals surface area contributed by atoms with Crippen molar-refractivity contribution in [3.05, 3.63) is 65.5 Å². The second-order valence-corrected chi connectivity index (χ2v) is 6.00. The minimum absolute atomic E-state index is 0.112. The largest absolute Gasteiger partial charge is 0.325 e. The van der Waals surface area contributed by atoms with Crippen molar-refractivity contribution in [2.45, 2.75) is 25.4 Å². The van der Waals surface area contributed by atoms with Crippen LogP contribution in [0.25, 0.3) is 0 Å². The average Bonchev–Trinajstić information content (AvgIpc) is 3.41. The van der Waals surface area contributed by atoms with Gasteiger partial charge in [0.1, 0.15) is 5.82 Å². The third kappa shape index (κ3) is 4.40. The number of hydrogen-bond acceptors (Lipinski definition) is 3. The monoisotopic (exact) mass is 323 g/mol. The molecule has 0 bridgehead atoms. The molecule has 5 heteroatoms. The zero-order valence-electron chi connectivity index (χ0n) is 13.2. The van der Waals surface area contributed by atoms with Gasteiger partial charge in [-0.1, -0.05) is 18.2 Å². The van der Waals surface area contributed by atoms with Crippen LogP contribution in [0.5, 0.6) is 0 Å². The molecule has 0 atom stereocenters. The lowest BCUT2D eigenvalue weighted by Crippen LogP contribution is -2.34. The van der Waals surface area contributed by atoms with E-state index in [4.69, 9.17) is 5.26 Å². The Kier molecular flexibility index (Phi) is 4.88. The van der Waals surface area contributed by atoms with Crippen molar-refractivity contribution in [3.8, 4) is 6.07 Å². The van der Waals surface area contributed by atoms with Gasteiger partial charge in [-0.3, -0.25) is 9.69 Å². The summed E-state index contributed by atoms with van der Waals surface area (Å²) in [5.41, 5.74) is 2.12. The molecule has 1 aliphatic rings. The Morgan fingerprint density at radius 3 is 2.67 bits per heavy atom. The van der Waals surface area contributed by atoms with Gasteiger partial charge in [0.2, 0.25) is 5.91 Å². The molecule has 24 heavy (non-hydrogen) atoms. The normalized spacial score (nSPS) is 13.5. The number of anilines is 1. The summed E-state index contributed by atoms with van der Waals surface area (Å²) in [5, 5.41) is 11.7. The Labute approximate surface area is 140 Å². The molecule has 1 N–H and O–H groups in total. The van der Waals surface area contributed by atoms with E-state index in [-0.39, 0.29) is 18.3 Å². The van der Waals surface area contributed by atoms with E-state index in [1.54, 1.807) is 36.4 Å². The first kappa shape index (κ1) is 16.2. The maximum absolute atomic E-state index is 13.0. The number of benzene rings is 2. The molecule has 4 nitrogen and oxygen atoms in total. The first-order chi connectivity index (χ1) is 11.6. The molecule has 1 saturated carbocycles. The smallest absolute Gasteiger partial charge is 0.238 e. The van der Waals surface area contributed by atoms with Gasteiger partial charge in [-0.05, 0) is 48.7 Å². The van der Waals surface area contributed by atoms with Crippen LogP contribution in [0, 0.1) is 17.1 Å². The Morgan fingerprint density at radius 2 is 2.00 bits per heavy atom. The predicted octanol–water partition coefficient (Wildman–Crippen LogP) is 3.30. The molecule has 0 aliphatic heterocycles. The standard InChI is InChI=1S/C19H18FN3O/c20-16-6-4-14(5-7-16)12-23(18-8-9-18)13-19(24)22-17-3-1-2-15(10-17)11-21/h1-7,10,18H,8-9,12-13H2,(H,22,24). The second-order valence-electron chi connectivity index (χ2n) is 6.00. The number of nitriles is 1. The highest BCUT2D eigenvalue weighted by Gasteiger charge is 2.30. The number of carbonyl (C=O) groups is 1. The van der Waals surface area contributed by atoms with Crippen LogP contribution in [-0.4, -0.2) is 23.4 Å². The average molecular weight is 323 g/mol. The first-order valence-corrected chi connectivity index (χ1v) is 7.92. The summed E-state index contributed by atoms with van der Waals surface area (Å²) in [5.74, 6) is -0.369. The van der Waals surface area contributed by atoms with Crippen LogP contribution in [0.1, 0.15) is 24.0 Å². The number of halogens is 1. The minimum Gasteiger partial charge on any atom is -0.325 e. The lowest BCUT2D eigenvalue weighted by Gasteiger charge is -2.21. The molecule has 2 aromatic carbocycles. The summed E-state index contributed by atoms with van der Waals surface area (Å²) in [6.07, 6.45) is 2.16. The molecule has 0 saturated heterocycles. The molecule has 1 fully saturated rings. The van der Waals surface area contributed by atoms with E-state index in [1.807, 2.05) is 0 Å². The summed E-state index contributed by atoms with van der Waals surface area (Å²) in [6, 6.07) is 15.7. The number of rotatable bonds is 6. The van der Waals surface area contributed by atoms with Gasteiger partial charge >= 0.3 is 0 Å². The molecule has 122 valence electrons. The van der Waals surface area contributed by atoms with Gasteiger partial charge in [0.05, 0.1) is 18.2 Å². The third-order valence-electron chi connectivity index (χ3n) is 3.98. The van der Waals surface area contributed by atoms with Crippen molar-refractivity contribution in [3.63, 3.8) is 0 Å². The summed E-state index contributed by atoms with van der Waals surface area (Å²) < 4.78 is 13.0. The molecular weight excluding hydrogens is 305 g/mol. The molecule has 0 aromatic heterocycles. The molecule has 0 heterocycles. The Balaban J connectivity index is 1.61. The van der Waals surface area contributed by atoms with Crippen LogP contribution >= 0.6 is 0 Å². The van der Waals surface area contributed by atoms with E-state index in [9.17, 15) is 9.18 Å². The zero-order valence-corrected chi connectivity index (χ0v) is 13.2. The quantitative estimate of drug-likeness (QED) is 0.887. The molecule has 1 amide bonds. The van der Waals surface area contributed by atoms with Gasteiger partial charge in [-0.25, -0.2) is 4.39 Å². The number of amides is 1. The molecule has 1 aliphatic carbocycles. The van der Waals surface area contributed by atoms with Crippen LogP contribution in [-0.2, 0) is 11.3 Å². The van der Waals surface area contributed by atoms with Crippen molar-refractivity contribution in [1.82, 2.24) is 4.90 Å². The fourth-order valence-electron chi connectivity index (χ4n) is 2.63. The van der Waals surface area contributed by atoms with Crippen molar-refractivity contribution in [2.24, 2.45) is 0 Å². The minimum atomic E-state index is -0.258. The van der Waals surface area contributed by atoms with Gasteiger partial charge in [0.15, 0.2) is 0 Å². The summed E-state index contributed by atoms with van der Waals surface area (Å²) in [6.45, 7) is 0.898. The Bertz CT molecular complexity index is 763. The Morgan fingerprint density at radius 1 is 1.25 bits per heavy atom. The maximum Gasteiger partial charge on any atom is 0.238 e. The topological polar surface area (TPSA) is 56.1 Å². The Hall–Kier alpha value is -2.71. The highest BCUT2D eigenvalue weighted by molar-refractivity contribution is 5.92. The summed E-state index contributed by atoms with van der Waals surface area (Å²) in [4.78, 5) is 14.4. The van der Waals surface area contributed by atoms with Crippen LogP contribution in [0.2, 0.25) is 0 Å². The number of nitrogens with zero attached hydrogens (tertiary/aromatic N) is 2. The molecule has 0 spiro atoms. The fourth-order valence-corrected chi connectivity index (χ4v) is 2.63. The molecule has 0 unspecified atom stereocenters. The van der Waals surface area contributed by atoms with Gasteiger partial charge in [0.25, 0.3) is 0 Å². The van der Waals surface area contributed by atoms with E-state index in [1.165, 1.54) is 12.1 Å². The van der Waals surface area contributed by atoms with E-state index < -0.39 is 0 Å². The van der Waals surface area contributed by atoms with Gasteiger partial charge in [-0.15, -0.1) is 0 Å². The lowest BCUT2D eigenvalue weighted by atomic mass is 10.2. The second kappa shape index (κ2) is 7.24. The van der Waals surface area contributed by atoms with Crippen LogP contribution in [0.4, 0.5) is 10.1 Å². The van der Waals surface area contributed by atoms with Gasteiger partial charge < -0.3 is 5.32 Å². The predicted molar refractivity (Wildman–Crippen MR) is 89.6 cm³/mol. The molecule has 2 aromatic rings. The van der Waals surface area contributed by atoms with Gasteiger partial charge in [-0.2, -0.15) is 5.26 Å². The summed E-state index contributed by atoms with van der Waals surface area (Å²) in [7, 11) is 0. The number of carbonyl (C=O) groups excluding carboxylic acids is 1. The molecule has 3 rings (SSSR count). The first-order valence-electron chi connectivity index (χ1n) is 7.92.